The van der Waals surface area contributed by atoms with Crippen molar-refractivity contribution < 1.29 is 9.47 Å². The Balaban J connectivity index is 1.93. The molecule has 0 unspecified atom stereocenters. The van der Waals surface area contributed by atoms with E-state index in [2.05, 4.69) is 30.1 Å². The standard InChI is InChI=1S/C25H26N4O4S/c1-14-7-8-15(2)17(11-14)13-34-23-20-22(28(3)25(31)29(4)24(20)30)26-21(27-23)16-9-10-18(32-5)19(12-16)33-6/h7-12H,13H2,1-6H3. The first-order valence-corrected chi connectivity index (χ1v) is 11.6. The quantitative estimate of drug-likeness (QED) is 0.309. The average molecular weight is 479 g/mol. The molecule has 0 aliphatic rings. The van der Waals surface area contributed by atoms with Gasteiger partial charge in [-0.05, 0) is 43.2 Å². The highest BCUT2D eigenvalue weighted by molar-refractivity contribution is 7.98. The lowest BCUT2D eigenvalue weighted by molar-refractivity contribution is 0.355. The highest BCUT2D eigenvalue weighted by Crippen LogP contribution is 2.33. The smallest absolute Gasteiger partial charge is 0.332 e. The van der Waals surface area contributed by atoms with Crippen molar-refractivity contribution in [3.8, 4) is 22.9 Å². The predicted octanol–water partition coefficient (Wildman–Crippen LogP) is 3.62. The third-order valence-corrected chi connectivity index (χ3v) is 6.80. The van der Waals surface area contributed by atoms with E-state index in [0.29, 0.717) is 39.1 Å². The van der Waals surface area contributed by atoms with Gasteiger partial charge >= 0.3 is 5.69 Å². The largest absolute Gasteiger partial charge is 0.493 e. The minimum atomic E-state index is -0.444. The minimum absolute atomic E-state index is 0.288. The Morgan fingerprint density at radius 1 is 0.912 bits per heavy atom. The Kier molecular flexibility index (Phi) is 6.47. The van der Waals surface area contributed by atoms with Gasteiger partial charge in [-0.1, -0.05) is 23.8 Å². The van der Waals surface area contributed by atoms with E-state index in [1.54, 1.807) is 33.4 Å². The Hall–Kier alpha value is -3.59. The van der Waals surface area contributed by atoms with Crippen LogP contribution in [0.1, 0.15) is 16.7 Å². The molecule has 4 rings (SSSR count). The normalized spacial score (nSPS) is 11.1. The molecular formula is C25H26N4O4S. The zero-order chi connectivity index (χ0) is 24.6. The molecule has 0 aliphatic heterocycles. The van der Waals surface area contributed by atoms with Crippen LogP contribution in [0.2, 0.25) is 0 Å². The van der Waals surface area contributed by atoms with Gasteiger partial charge in [0.2, 0.25) is 0 Å². The number of rotatable bonds is 6. The molecular weight excluding hydrogens is 452 g/mol. The summed E-state index contributed by atoms with van der Waals surface area (Å²) < 4.78 is 13.2. The number of hydrogen-bond donors (Lipinski definition) is 0. The van der Waals surface area contributed by atoms with Gasteiger partial charge in [0.15, 0.2) is 23.0 Å². The van der Waals surface area contributed by atoms with E-state index in [1.807, 2.05) is 13.0 Å². The fourth-order valence-electron chi connectivity index (χ4n) is 3.74. The second kappa shape index (κ2) is 9.34. The van der Waals surface area contributed by atoms with Gasteiger partial charge in [-0.25, -0.2) is 14.8 Å². The summed E-state index contributed by atoms with van der Waals surface area (Å²) in [5.41, 5.74) is 3.60. The Morgan fingerprint density at radius 2 is 1.65 bits per heavy atom. The molecule has 2 aromatic heterocycles. The van der Waals surface area contributed by atoms with Gasteiger partial charge in [-0.2, -0.15) is 0 Å². The highest BCUT2D eigenvalue weighted by Gasteiger charge is 2.19. The summed E-state index contributed by atoms with van der Waals surface area (Å²) in [7, 11) is 6.19. The molecule has 0 saturated heterocycles. The number of methoxy groups -OCH3 is 2. The highest BCUT2D eigenvalue weighted by atomic mass is 32.2. The third-order valence-electron chi connectivity index (χ3n) is 5.78. The summed E-state index contributed by atoms with van der Waals surface area (Å²) in [6, 6.07) is 11.7. The summed E-state index contributed by atoms with van der Waals surface area (Å²) in [6.07, 6.45) is 0. The van der Waals surface area contributed by atoms with E-state index in [0.717, 1.165) is 21.3 Å². The van der Waals surface area contributed by atoms with Crippen LogP contribution in [-0.2, 0) is 19.8 Å². The fourth-order valence-corrected chi connectivity index (χ4v) is 4.82. The molecule has 9 heteroatoms. The number of ether oxygens (including phenoxy) is 2. The van der Waals surface area contributed by atoms with E-state index in [9.17, 15) is 9.59 Å². The molecule has 2 heterocycles. The third kappa shape index (κ3) is 4.19. The number of fused-ring (bicyclic) bond motifs is 1. The van der Waals surface area contributed by atoms with Crippen LogP contribution in [0.5, 0.6) is 11.5 Å². The lowest BCUT2D eigenvalue weighted by Crippen LogP contribution is -2.37. The molecule has 0 N–H and O–H groups in total. The van der Waals surface area contributed by atoms with E-state index >= 15 is 0 Å². The zero-order valence-corrected chi connectivity index (χ0v) is 20.8. The second-order valence-corrected chi connectivity index (χ2v) is 9.01. The first-order chi connectivity index (χ1) is 16.2. The zero-order valence-electron chi connectivity index (χ0n) is 20.0. The molecule has 4 aromatic rings. The molecule has 0 fully saturated rings. The number of hydrogen-bond acceptors (Lipinski definition) is 7. The van der Waals surface area contributed by atoms with Crippen LogP contribution in [0, 0.1) is 13.8 Å². The van der Waals surface area contributed by atoms with Crippen molar-refractivity contribution in [1.82, 2.24) is 19.1 Å². The first-order valence-electron chi connectivity index (χ1n) is 10.6. The molecule has 0 atom stereocenters. The van der Waals surface area contributed by atoms with Gasteiger partial charge in [0.1, 0.15) is 10.4 Å². The van der Waals surface area contributed by atoms with Crippen molar-refractivity contribution in [1.29, 1.82) is 0 Å². The van der Waals surface area contributed by atoms with Crippen LogP contribution in [0.25, 0.3) is 22.4 Å². The average Bonchev–Trinajstić information content (AvgIpc) is 2.85. The summed E-state index contributed by atoms with van der Waals surface area (Å²) in [6.45, 7) is 4.11. The van der Waals surface area contributed by atoms with Crippen molar-refractivity contribution in [3.05, 3.63) is 73.9 Å². The van der Waals surface area contributed by atoms with Crippen LogP contribution in [0.3, 0.4) is 0 Å². The minimum Gasteiger partial charge on any atom is -0.493 e. The monoisotopic (exact) mass is 478 g/mol. The molecule has 0 aliphatic carbocycles. The van der Waals surface area contributed by atoms with Crippen molar-refractivity contribution in [2.45, 2.75) is 24.6 Å². The molecule has 0 spiro atoms. The van der Waals surface area contributed by atoms with Gasteiger partial charge in [0.25, 0.3) is 5.56 Å². The van der Waals surface area contributed by atoms with Crippen molar-refractivity contribution in [2.24, 2.45) is 14.1 Å². The lowest BCUT2D eigenvalue weighted by Gasteiger charge is -2.14. The topological polar surface area (TPSA) is 88.2 Å². The van der Waals surface area contributed by atoms with E-state index in [1.165, 1.54) is 23.4 Å². The molecule has 0 radical (unpaired) electrons. The number of benzene rings is 2. The van der Waals surface area contributed by atoms with Gasteiger partial charge in [0.05, 0.1) is 14.2 Å². The molecule has 2 aromatic carbocycles. The maximum Gasteiger partial charge on any atom is 0.332 e. The fraction of sp³-hybridized carbons (Fsp3) is 0.280. The number of thioether (sulfide) groups is 1. The van der Waals surface area contributed by atoms with Crippen molar-refractivity contribution in [2.75, 3.05) is 14.2 Å². The summed E-state index contributed by atoms with van der Waals surface area (Å²) in [5.74, 6) is 2.13. The SMILES string of the molecule is COc1ccc(-c2nc(SCc3cc(C)ccc3C)c3c(=O)n(C)c(=O)n(C)c3n2)cc1OC. The van der Waals surface area contributed by atoms with Crippen LogP contribution in [0.15, 0.2) is 51.0 Å². The molecule has 8 nitrogen and oxygen atoms in total. The van der Waals surface area contributed by atoms with E-state index < -0.39 is 11.2 Å². The molecule has 0 saturated carbocycles. The summed E-state index contributed by atoms with van der Waals surface area (Å²) in [4.78, 5) is 35.1. The molecule has 34 heavy (non-hydrogen) atoms. The van der Waals surface area contributed by atoms with Gasteiger partial charge in [0, 0.05) is 25.4 Å². The number of aryl methyl sites for hydroxylation is 3. The van der Waals surface area contributed by atoms with Crippen LogP contribution in [0.4, 0.5) is 0 Å². The van der Waals surface area contributed by atoms with Crippen LogP contribution < -0.4 is 20.7 Å². The predicted molar refractivity (Wildman–Crippen MR) is 134 cm³/mol. The van der Waals surface area contributed by atoms with Gasteiger partial charge in [-0.15, -0.1) is 11.8 Å². The lowest BCUT2D eigenvalue weighted by atomic mass is 10.1. The molecule has 0 bridgehead atoms. The molecule has 176 valence electrons. The van der Waals surface area contributed by atoms with Gasteiger partial charge in [-0.3, -0.25) is 13.9 Å². The summed E-state index contributed by atoms with van der Waals surface area (Å²) in [5, 5.41) is 0.844. The second-order valence-electron chi connectivity index (χ2n) is 8.05. The van der Waals surface area contributed by atoms with Crippen LogP contribution in [-0.4, -0.2) is 33.3 Å². The van der Waals surface area contributed by atoms with E-state index in [-0.39, 0.29) is 5.65 Å². The first kappa shape index (κ1) is 23.6. The van der Waals surface area contributed by atoms with Crippen molar-refractivity contribution in [3.63, 3.8) is 0 Å². The Morgan fingerprint density at radius 3 is 2.35 bits per heavy atom. The summed E-state index contributed by atoms with van der Waals surface area (Å²) >= 11 is 1.45. The Bertz CT molecular complexity index is 1520. The Labute approximate surface area is 201 Å². The van der Waals surface area contributed by atoms with Gasteiger partial charge < -0.3 is 9.47 Å². The maximum atomic E-state index is 13.1. The van der Waals surface area contributed by atoms with E-state index in [4.69, 9.17) is 14.5 Å². The number of aromatic nitrogens is 4. The maximum absolute atomic E-state index is 13.1. The van der Waals surface area contributed by atoms with Crippen molar-refractivity contribution >= 4 is 22.8 Å². The molecule has 0 amide bonds. The van der Waals surface area contributed by atoms with Crippen LogP contribution >= 0.6 is 11.8 Å². The number of nitrogens with zero attached hydrogens (tertiary/aromatic N) is 4.